The minimum absolute atomic E-state index is 0.0648. The molecule has 1 aliphatic heterocycles. The predicted molar refractivity (Wildman–Crippen MR) is 67.2 cm³/mol. The number of rotatable bonds is 1. The smallest absolute Gasteiger partial charge is 0.315 e. The summed E-state index contributed by atoms with van der Waals surface area (Å²) >= 11 is 0. The van der Waals surface area contributed by atoms with E-state index in [-0.39, 0.29) is 18.1 Å². The van der Waals surface area contributed by atoms with E-state index in [9.17, 15) is 4.79 Å². The van der Waals surface area contributed by atoms with E-state index in [0.29, 0.717) is 17.8 Å². The first-order valence-electron chi connectivity index (χ1n) is 6.07. The van der Waals surface area contributed by atoms with Gasteiger partial charge in [-0.1, -0.05) is 26.0 Å². The zero-order valence-corrected chi connectivity index (χ0v) is 11.0. The third-order valence-electron chi connectivity index (χ3n) is 4.01. The number of carbonyl (C=O) groups excluding carboxylic acids is 1. The summed E-state index contributed by atoms with van der Waals surface area (Å²) in [6, 6.07) is 0.275. The van der Waals surface area contributed by atoms with E-state index in [1.54, 1.807) is 0 Å². The zero-order chi connectivity index (χ0) is 12.5. The molecule has 2 amide bonds. The van der Waals surface area contributed by atoms with Gasteiger partial charge in [-0.3, -0.25) is 0 Å². The maximum absolute atomic E-state index is 11.6. The zero-order valence-electron chi connectivity index (χ0n) is 11.0. The van der Waals surface area contributed by atoms with Crippen LogP contribution < -0.4 is 10.6 Å². The van der Waals surface area contributed by atoms with Crippen molar-refractivity contribution in [3.63, 3.8) is 0 Å². The van der Waals surface area contributed by atoms with Crippen molar-refractivity contribution in [1.29, 1.82) is 0 Å². The van der Waals surface area contributed by atoms with Crippen molar-refractivity contribution < 1.29 is 4.79 Å². The molecule has 1 heterocycles. The lowest BCUT2D eigenvalue weighted by Gasteiger charge is -2.39. The van der Waals surface area contributed by atoms with Gasteiger partial charge in [-0.05, 0) is 32.6 Å². The van der Waals surface area contributed by atoms with Gasteiger partial charge >= 0.3 is 6.03 Å². The second kappa shape index (κ2) is 4.89. The summed E-state index contributed by atoms with van der Waals surface area (Å²) in [7, 11) is 0. The second-order valence-electron chi connectivity index (χ2n) is 5.29. The van der Waals surface area contributed by atoms with Gasteiger partial charge in [0.05, 0.1) is 0 Å². The molecule has 16 heavy (non-hydrogen) atoms. The van der Waals surface area contributed by atoms with Crippen LogP contribution in [0.3, 0.4) is 0 Å². The lowest BCUT2D eigenvalue weighted by atomic mass is 9.74. The highest BCUT2D eigenvalue weighted by molar-refractivity contribution is 5.74. The van der Waals surface area contributed by atoms with Crippen LogP contribution >= 0.6 is 0 Å². The van der Waals surface area contributed by atoms with E-state index in [4.69, 9.17) is 0 Å². The SMILES string of the molecule is C=C(C)C1[C@H](C)C(C)[C@H](C)NC(=O)N[C@@H]1C. The molecular weight excluding hydrogens is 200 g/mol. The predicted octanol–water partition coefficient (Wildman–Crippen LogP) is 2.54. The van der Waals surface area contributed by atoms with Crippen LogP contribution in [0.5, 0.6) is 0 Å². The molecule has 1 saturated heterocycles. The molecule has 0 aromatic heterocycles. The van der Waals surface area contributed by atoms with Crippen LogP contribution in [0.15, 0.2) is 12.2 Å². The Labute approximate surface area is 98.7 Å². The monoisotopic (exact) mass is 224 g/mol. The molecule has 2 N–H and O–H groups in total. The van der Waals surface area contributed by atoms with Crippen molar-refractivity contribution >= 4 is 6.03 Å². The largest absolute Gasteiger partial charge is 0.335 e. The number of urea groups is 1. The van der Waals surface area contributed by atoms with Gasteiger partial charge in [0.2, 0.25) is 0 Å². The molecule has 0 aliphatic carbocycles. The molecule has 0 spiro atoms. The molecule has 92 valence electrons. The quantitative estimate of drug-likeness (QED) is 0.660. The van der Waals surface area contributed by atoms with Gasteiger partial charge in [-0.2, -0.15) is 0 Å². The summed E-state index contributed by atoms with van der Waals surface area (Å²) < 4.78 is 0. The molecule has 0 saturated carbocycles. The van der Waals surface area contributed by atoms with Gasteiger partial charge in [0.1, 0.15) is 0 Å². The summed E-state index contributed by atoms with van der Waals surface area (Å²) in [5.74, 6) is 1.31. The molecule has 1 rings (SSSR count). The van der Waals surface area contributed by atoms with Gasteiger partial charge < -0.3 is 10.6 Å². The Kier molecular flexibility index (Phi) is 4.00. The second-order valence-corrected chi connectivity index (χ2v) is 5.29. The van der Waals surface area contributed by atoms with E-state index < -0.39 is 0 Å². The van der Waals surface area contributed by atoms with Crippen molar-refractivity contribution in [2.24, 2.45) is 17.8 Å². The lowest BCUT2D eigenvalue weighted by Crippen LogP contribution is -2.54. The van der Waals surface area contributed by atoms with Crippen molar-refractivity contribution in [2.75, 3.05) is 0 Å². The first kappa shape index (κ1) is 13.1. The summed E-state index contributed by atoms with van der Waals surface area (Å²) in [5, 5.41) is 5.96. The third-order valence-corrected chi connectivity index (χ3v) is 4.01. The highest BCUT2D eigenvalue weighted by atomic mass is 16.2. The van der Waals surface area contributed by atoms with Crippen molar-refractivity contribution in [3.8, 4) is 0 Å². The molecule has 1 aliphatic rings. The number of nitrogens with one attached hydrogen (secondary N) is 2. The molecule has 1 fully saturated rings. The van der Waals surface area contributed by atoms with E-state index in [1.807, 2.05) is 0 Å². The van der Waals surface area contributed by atoms with Crippen LogP contribution in [0.2, 0.25) is 0 Å². The normalized spacial score (nSPS) is 40.3. The van der Waals surface area contributed by atoms with Crippen LogP contribution in [-0.4, -0.2) is 18.1 Å². The maximum atomic E-state index is 11.6. The van der Waals surface area contributed by atoms with Crippen LogP contribution in [0.25, 0.3) is 0 Å². The number of hydrogen-bond donors (Lipinski definition) is 2. The molecule has 0 radical (unpaired) electrons. The molecule has 0 bridgehead atoms. The van der Waals surface area contributed by atoms with Crippen LogP contribution in [0, 0.1) is 17.8 Å². The minimum Gasteiger partial charge on any atom is -0.335 e. The number of hydrogen-bond acceptors (Lipinski definition) is 1. The minimum atomic E-state index is -0.0648. The van der Waals surface area contributed by atoms with Crippen LogP contribution in [0.1, 0.15) is 34.6 Å². The van der Waals surface area contributed by atoms with E-state index >= 15 is 0 Å². The number of amides is 2. The highest BCUT2D eigenvalue weighted by Crippen LogP contribution is 2.31. The van der Waals surface area contributed by atoms with Crippen molar-refractivity contribution in [1.82, 2.24) is 10.6 Å². The fraction of sp³-hybridized carbons (Fsp3) is 0.769. The molecule has 0 aromatic carbocycles. The van der Waals surface area contributed by atoms with Crippen molar-refractivity contribution in [2.45, 2.75) is 46.7 Å². The Morgan fingerprint density at radius 2 is 1.56 bits per heavy atom. The third kappa shape index (κ3) is 2.57. The summed E-state index contributed by atoms with van der Waals surface area (Å²) in [6.45, 7) is 14.7. The molecule has 2 unspecified atom stereocenters. The average Bonchev–Trinajstić information content (AvgIpc) is 2.14. The van der Waals surface area contributed by atoms with Gasteiger partial charge in [0, 0.05) is 18.0 Å². The van der Waals surface area contributed by atoms with Crippen LogP contribution in [0.4, 0.5) is 4.79 Å². The summed E-state index contributed by atoms with van der Waals surface area (Å²) in [4.78, 5) is 11.6. The molecular formula is C13H24N2O. The Morgan fingerprint density at radius 1 is 1.06 bits per heavy atom. The fourth-order valence-corrected chi connectivity index (χ4v) is 2.79. The summed E-state index contributed by atoms with van der Waals surface area (Å²) in [5.41, 5.74) is 1.15. The Morgan fingerprint density at radius 3 is 2.06 bits per heavy atom. The summed E-state index contributed by atoms with van der Waals surface area (Å²) in [6.07, 6.45) is 0. The fourth-order valence-electron chi connectivity index (χ4n) is 2.79. The highest BCUT2D eigenvalue weighted by Gasteiger charge is 2.34. The Hall–Kier alpha value is -0.990. The van der Waals surface area contributed by atoms with Crippen LogP contribution in [-0.2, 0) is 0 Å². The maximum Gasteiger partial charge on any atom is 0.315 e. The molecule has 3 heteroatoms. The van der Waals surface area contributed by atoms with E-state index in [1.165, 1.54) is 0 Å². The molecule has 5 atom stereocenters. The van der Waals surface area contributed by atoms with Crippen molar-refractivity contribution in [3.05, 3.63) is 12.2 Å². The standard InChI is InChI=1S/C13H24N2O/c1-7(2)12-9(4)8(3)10(5)14-13(16)15-11(12)6/h8-12H,1H2,2-6H3,(H2,14,15,16)/t8?,9-,10+,11-,12?/m1/s1. The topological polar surface area (TPSA) is 41.1 Å². The average molecular weight is 224 g/mol. The number of carbonyl (C=O) groups is 1. The first-order valence-corrected chi connectivity index (χ1v) is 6.07. The molecule has 0 aromatic rings. The lowest BCUT2D eigenvalue weighted by molar-refractivity contribution is 0.175. The molecule has 3 nitrogen and oxygen atoms in total. The van der Waals surface area contributed by atoms with E-state index in [0.717, 1.165) is 5.57 Å². The van der Waals surface area contributed by atoms with Gasteiger partial charge in [0.15, 0.2) is 0 Å². The van der Waals surface area contributed by atoms with Gasteiger partial charge in [-0.25, -0.2) is 4.79 Å². The van der Waals surface area contributed by atoms with E-state index in [2.05, 4.69) is 51.8 Å². The Bertz CT molecular complexity index is 286. The van der Waals surface area contributed by atoms with Gasteiger partial charge in [0.25, 0.3) is 0 Å². The Balaban J connectivity index is 2.96. The van der Waals surface area contributed by atoms with Gasteiger partial charge in [-0.15, -0.1) is 0 Å². The first-order chi connectivity index (χ1) is 7.34.